The largest absolute Gasteiger partial charge is 0.481 e. The standard InChI is InChI=1S/C15H24O4/c1-14(2,3)19-12(16)9-15(13(17)18)8-11(15)10-6-4-5-7-10/h10-11H,4-9H2,1-3H3,(H,17,18)/t11?,15-/m1/s1. The zero-order chi connectivity index (χ0) is 14.3. The summed E-state index contributed by atoms with van der Waals surface area (Å²) in [7, 11) is 0. The number of ether oxygens (including phenoxy) is 1. The summed E-state index contributed by atoms with van der Waals surface area (Å²) in [6.07, 6.45) is 5.31. The van der Waals surface area contributed by atoms with Crippen molar-refractivity contribution in [3.63, 3.8) is 0 Å². The van der Waals surface area contributed by atoms with Gasteiger partial charge in [-0.2, -0.15) is 0 Å². The van der Waals surface area contributed by atoms with Crippen LogP contribution in [0, 0.1) is 17.3 Å². The molecule has 1 unspecified atom stereocenters. The molecule has 0 saturated heterocycles. The number of aliphatic carboxylic acids is 1. The number of carboxylic acids is 1. The Balaban J connectivity index is 1.99. The average molecular weight is 268 g/mol. The molecular weight excluding hydrogens is 244 g/mol. The molecule has 0 bridgehead atoms. The highest BCUT2D eigenvalue weighted by atomic mass is 16.6. The summed E-state index contributed by atoms with van der Waals surface area (Å²) in [5, 5.41) is 9.47. The van der Waals surface area contributed by atoms with E-state index >= 15 is 0 Å². The first-order valence-corrected chi connectivity index (χ1v) is 7.20. The molecule has 0 heterocycles. The molecular formula is C15H24O4. The fraction of sp³-hybridized carbons (Fsp3) is 0.867. The van der Waals surface area contributed by atoms with E-state index in [4.69, 9.17) is 4.74 Å². The summed E-state index contributed by atoms with van der Waals surface area (Å²) in [4.78, 5) is 23.4. The maximum absolute atomic E-state index is 11.9. The lowest BCUT2D eigenvalue weighted by molar-refractivity contribution is -0.161. The molecule has 0 aromatic heterocycles. The Kier molecular flexibility index (Phi) is 3.63. The van der Waals surface area contributed by atoms with E-state index in [0.717, 1.165) is 12.8 Å². The second-order valence-electron chi connectivity index (χ2n) is 7.08. The Morgan fingerprint density at radius 1 is 1.26 bits per heavy atom. The van der Waals surface area contributed by atoms with Crippen LogP contribution in [-0.2, 0) is 14.3 Å². The van der Waals surface area contributed by atoms with Crippen LogP contribution in [0.1, 0.15) is 59.3 Å². The highest BCUT2D eigenvalue weighted by Gasteiger charge is 2.64. The van der Waals surface area contributed by atoms with Gasteiger partial charge in [0.2, 0.25) is 0 Å². The summed E-state index contributed by atoms with van der Waals surface area (Å²) in [5.74, 6) is -0.524. The first-order valence-electron chi connectivity index (χ1n) is 7.20. The molecule has 4 heteroatoms. The molecule has 2 atom stereocenters. The monoisotopic (exact) mass is 268 g/mol. The van der Waals surface area contributed by atoms with E-state index in [1.807, 2.05) is 0 Å². The smallest absolute Gasteiger partial charge is 0.310 e. The summed E-state index contributed by atoms with van der Waals surface area (Å²) < 4.78 is 5.27. The molecule has 0 aromatic carbocycles. The number of esters is 1. The van der Waals surface area contributed by atoms with Crippen LogP contribution in [0.15, 0.2) is 0 Å². The fourth-order valence-corrected chi connectivity index (χ4v) is 3.47. The van der Waals surface area contributed by atoms with Gasteiger partial charge in [0.25, 0.3) is 0 Å². The highest BCUT2D eigenvalue weighted by molar-refractivity contribution is 5.85. The molecule has 0 spiro atoms. The van der Waals surface area contributed by atoms with Crippen molar-refractivity contribution in [2.75, 3.05) is 0 Å². The molecule has 108 valence electrons. The van der Waals surface area contributed by atoms with E-state index in [2.05, 4.69) is 0 Å². The van der Waals surface area contributed by atoms with Crippen LogP contribution in [-0.4, -0.2) is 22.6 Å². The number of carbonyl (C=O) groups is 2. The molecule has 4 nitrogen and oxygen atoms in total. The Bertz CT molecular complexity index is 376. The number of hydrogen-bond donors (Lipinski definition) is 1. The van der Waals surface area contributed by atoms with Crippen molar-refractivity contribution in [3.8, 4) is 0 Å². The Labute approximate surface area is 114 Å². The van der Waals surface area contributed by atoms with E-state index in [-0.39, 0.29) is 18.3 Å². The van der Waals surface area contributed by atoms with E-state index in [0.29, 0.717) is 12.3 Å². The fourth-order valence-electron chi connectivity index (χ4n) is 3.47. The molecule has 1 N–H and O–H groups in total. The van der Waals surface area contributed by atoms with E-state index in [9.17, 15) is 14.7 Å². The maximum Gasteiger partial charge on any atom is 0.310 e. The lowest BCUT2D eigenvalue weighted by atomic mass is 9.91. The van der Waals surface area contributed by atoms with Gasteiger partial charge >= 0.3 is 11.9 Å². The van der Waals surface area contributed by atoms with Gasteiger partial charge in [0.1, 0.15) is 5.60 Å². The molecule has 0 aliphatic heterocycles. The van der Waals surface area contributed by atoms with E-state index < -0.39 is 17.0 Å². The Morgan fingerprint density at radius 3 is 2.32 bits per heavy atom. The third kappa shape index (κ3) is 3.10. The van der Waals surface area contributed by atoms with Gasteiger partial charge < -0.3 is 9.84 Å². The van der Waals surface area contributed by atoms with Crippen molar-refractivity contribution in [3.05, 3.63) is 0 Å². The van der Waals surface area contributed by atoms with Crippen molar-refractivity contribution < 1.29 is 19.4 Å². The predicted molar refractivity (Wildman–Crippen MR) is 70.6 cm³/mol. The summed E-state index contributed by atoms with van der Waals surface area (Å²) in [5.41, 5.74) is -1.38. The lowest BCUT2D eigenvalue weighted by Gasteiger charge is -2.22. The topological polar surface area (TPSA) is 63.6 Å². The van der Waals surface area contributed by atoms with Crippen molar-refractivity contribution in [1.29, 1.82) is 0 Å². The van der Waals surface area contributed by atoms with Gasteiger partial charge in [0, 0.05) is 0 Å². The van der Waals surface area contributed by atoms with Gasteiger partial charge in [-0.15, -0.1) is 0 Å². The van der Waals surface area contributed by atoms with Crippen LogP contribution in [0.5, 0.6) is 0 Å². The third-order valence-corrected chi connectivity index (χ3v) is 4.41. The molecule has 0 amide bonds. The van der Waals surface area contributed by atoms with Gasteiger partial charge in [-0.05, 0) is 39.0 Å². The number of carbonyl (C=O) groups excluding carboxylic acids is 1. The zero-order valence-electron chi connectivity index (χ0n) is 12.1. The minimum atomic E-state index is -0.836. The first-order chi connectivity index (χ1) is 8.74. The third-order valence-electron chi connectivity index (χ3n) is 4.41. The van der Waals surface area contributed by atoms with Crippen molar-refractivity contribution >= 4 is 11.9 Å². The number of rotatable bonds is 4. The van der Waals surface area contributed by atoms with Gasteiger partial charge in [0.15, 0.2) is 0 Å². The minimum absolute atomic E-state index is 0.0285. The van der Waals surface area contributed by atoms with Crippen LogP contribution < -0.4 is 0 Å². The van der Waals surface area contributed by atoms with Crippen molar-refractivity contribution in [2.24, 2.45) is 17.3 Å². The second kappa shape index (κ2) is 4.80. The first kappa shape index (κ1) is 14.4. The van der Waals surface area contributed by atoms with Crippen molar-refractivity contribution in [1.82, 2.24) is 0 Å². The highest BCUT2D eigenvalue weighted by Crippen LogP contribution is 2.62. The second-order valence-corrected chi connectivity index (χ2v) is 7.08. The number of hydrogen-bond acceptors (Lipinski definition) is 3. The van der Waals surface area contributed by atoms with Crippen LogP contribution in [0.4, 0.5) is 0 Å². The molecule has 19 heavy (non-hydrogen) atoms. The predicted octanol–water partition coefficient (Wildman–Crippen LogP) is 3.00. The molecule has 2 rings (SSSR count). The molecule has 2 aliphatic rings. The van der Waals surface area contributed by atoms with Gasteiger partial charge in [-0.1, -0.05) is 25.7 Å². The van der Waals surface area contributed by atoms with Gasteiger partial charge in [-0.3, -0.25) is 9.59 Å². The lowest BCUT2D eigenvalue weighted by Crippen LogP contribution is -2.29. The minimum Gasteiger partial charge on any atom is -0.481 e. The SMILES string of the molecule is CC(C)(C)OC(=O)C[C@]1(C(=O)O)CC1C1CCCC1. The van der Waals surface area contributed by atoms with Gasteiger partial charge in [-0.25, -0.2) is 0 Å². The molecule has 0 radical (unpaired) electrons. The Hall–Kier alpha value is -1.06. The Morgan fingerprint density at radius 2 is 1.84 bits per heavy atom. The van der Waals surface area contributed by atoms with Crippen LogP contribution in [0.3, 0.4) is 0 Å². The normalized spacial score (nSPS) is 31.2. The average Bonchev–Trinajstić information content (AvgIpc) is 2.72. The molecule has 2 saturated carbocycles. The summed E-state index contributed by atoms with van der Waals surface area (Å²) >= 11 is 0. The molecule has 2 fully saturated rings. The van der Waals surface area contributed by atoms with Crippen LogP contribution >= 0.6 is 0 Å². The molecule has 0 aromatic rings. The molecule has 2 aliphatic carbocycles. The summed E-state index contributed by atoms with van der Waals surface area (Å²) in [6.45, 7) is 5.42. The van der Waals surface area contributed by atoms with Crippen LogP contribution in [0.2, 0.25) is 0 Å². The van der Waals surface area contributed by atoms with Gasteiger partial charge in [0.05, 0.1) is 11.8 Å². The van der Waals surface area contributed by atoms with E-state index in [1.54, 1.807) is 20.8 Å². The van der Waals surface area contributed by atoms with Crippen molar-refractivity contribution in [2.45, 2.75) is 64.9 Å². The number of carboxylic acid groups (broad SMARTS) is 1. The van der Waals surface area contributed by atoms with E-state index in [1.165, 1.54) is 12.8 Å². The van der Waals surface area contributed by atoms with Crippen LogP contribution in [0.25, 0.3) is 0 Å². The quantitative estimate of drug-likeness (QED) is 0.796. The summed E-state index contributed by atoms with van der Waals surface area (Å²) in [6, 6.07) is 0. The maximum atomic E-state index is 11.9. The zero-order valence-corrected chi connectivity index (χ0v) is 12.1.